The van der Waals surface area contributed by atoms with Crippen molar-refractivity contribution in [2.75, 3.05) is 19.7 Å². The summed E-state index contributed by atoms with van der Waals surface area (Å²) in [5.41, 5.74) is 0. The van der Waals surface area contributed by atoms with E-state index in [1.807, 2.05) is 11.0 Å². The largest absolute Gasteiger partial charge is 0.492 e. The third-order valence-corrected chi connectivity index (χ3v) is 4.79. The van der Waals surface area contributed by atoms with Crippen molar-refractivity contribution >= 4 is 39.3 Å². The zero-order valence-electron chi connectivity index (χ0n) is 13.7. The number of piperidine rings is 1. The van der Waals surface area contributed by atoms with Crippen molar-refractivity contribution in [2.24, 2.45) is 0 Å². The van der Waals surface area contributed by atoms with Crippen molar-refractivity contribution in [1.29, 1.82) is 0 Å². The van der Waals surface area contributed by atoms with Gasteiger partial charge in [0.15, 0.2) is 0 Å². The minimum atomic E-state index is 0.0294. The van der Waals surface area contributed by atoms with Crippen LogP contribution in [-0.4, -0.2) is 42.5 Å². The Morgan fingerprint density at radius 2 is 2.08 bits per heavy atom. The Hall–Kier alpha value is -1.27. The van der Waals surface area contributed by atoms with Gasteiger partial charge in [-0.25, -0.2) is 0 Å². The molecule has 1 aromatic rings. The molecule has 0 spiro atoms. The van der Waals surface area contributed by atoms with Gasteiger partial charge in [-0.3, -0.25) is 9.59 Å². The number of carbonyl (C=O) groups is 2. The molecule has 132 valence electrons. The van der Waals surface area contributed by atoms with Gasteiger partial charge in [0.05, 0.1) is 11.6 Å². The van der Waals surface area contributed by atoms with Crippen molar-refractivity contribution in [3.8, 4) is 5.75 Å². The molecule has 0 bridgehead atoms. The highest BCUT2D eigenvalue weighted by molar-refractivity contribution is 9.10. The van der Waals surface area contributed by atoms with Crippen molar-refractivity contribution in [2.45, 2.75) is 38.6 Å². The normalized spacial score (nSPS) is 15.2. The molecule has 7 heteroatoms. The van der Waals surface area contributed by atoms with Gasteiger partial charge in [-0.05, 0) is 37.5 Å². The van der Waals surface area contributed by atoms with Gasteiger partial charge in [0.25, 0.3) is 0 Å². The molecule has 5 nitrogen and oxygen atoms in total. The van der Waals surface area contributed by atoms with E-state index in [9.17, 15) is 9.59 Å². The molecule has 0 saturated carbocycles. The third kappa shape index (κ3) is 5.98. The highest BCUT2D eigenvalue weighted by Gasteiger charge is 2.21. The summed E-state index contributed by atoms with van der Waals surface area (Å²) in [6.45, 7) is 3.45. The van der Waals surface area contributed by atoms with E-state index in [0.29, 0.717) is 43.3 Å². The first kappa shape index (κ1) is 19.1. The fourth-order valence-electron chi connectivity index (χ4n) is 2.65. The lowest BCUT2D eigenvalue weighted by Crippen LogP contribution is -2.46. The summed E-state index contributed by atoms with van der Waals surface area (Å²) >= 11 is 9.41. The minimum absolute atomic E-state index is 0.0294. The number of hydrogen-bond donors (Lipinski definition) is 1. The second-order valence-corrected chi connectivity index (χ2v) is 7.20. The molecular weight excluding hydrogens is 396 g/mol. The maximum absolute atomic E-state index is 12.0. The van der Waals surface area contributed by atoms with Gasteiger partial charge in [0, 0.05) is 36.9 Å². The first-order chi connectivity index (χ1) is 11.5. The molecule has 2 amide bonds. The molecule has 0 radical (unpaired) electrons. The Balaban J connectivity index is 1.62. The van der Waals surface area contributed by atoms with Gasteiger partial charge in [0.2, 0.25) is 11.8 Å². The van der Waals surface area contributed by atoms with Gasteiger partial charge in [0.1, 0.15) is 5.75 Å². The lowest BCUT2D eigenvalue weighted by molar-refractivity contribution is -0.130. The number of likely N-dealkylation sites (tertiary alicyclic amines) is 1. The number of nitrogens with one attached hydrogen (secondary N) is 1. The number of ether oxygens (including phenoxy) is 1. The summed E-state index contributed by atoms with van der Waals surface area (Å²) in [6.07, 6.45) is 2.68. The Bertz CT molecular complexity index is 589. The highest BCUT2D eigenvalue weighted by Crippen LogP contribution is 2.27. The Morgan fingerprint density at radius 1 is 1.38 bits per heavy atom. The van der Waals surface area contributed by atoms with Crippen molar-refractivity contribution in [3.05, 3.63) is 27.7 Å². The molecule has 24 heavy (non-hydrogen) atoms. The number of nitrogens with zero attached hydrogens (tertiary/aromatic N) is 1. The summed E-state index contributed by atoms with van der Waals surface area (Å²) < 4.78 is 6.49. The summed E-state index contributed by atoms with van der Waals surface area (Å²) in [5.74, 6) is 0.752. The standard InChI is InChI=1S/C17H22BrClN2O3/c1-12(22)21-8-6-14(7-9-21)20-17(23)3-2-10-24-16-5-4-13(18)11-15(16)19/h4-5,11,14H,2-3,6-10H2,1H3,(H,20,23). The third-order valence-electron chi connectivity index (χ3n) is 4.01. The van der Waals surface area contributed by atoms with Crippen LogP contribution in [0.15, 0.2) is 22.7 Å². The molecule has 1 aliphatic rings. The SMILES string of the molecule is CC(=O)N1CCC(NC(=O)CCCOc2ccc(Br)cc2Cl)CC1. The molecule has 1 aliphatic heterocycles. The maximum atomic E-state index is 12.0. The van der Waals surface area contributed by atoms with Crippen LogP contribution in [0.3, 0.4) is 0 Å². The van der Waals surface area contributed by atoms with E-state index in [2.05, 4.69) is 21.2 Å². The van der Waals surface area contributed by atoms with Crippen LogP contribution in [0.2, 0.25) is 5.02 Å². The smallest absolute Gasteiger partial charge is 0.220 e. The van der Waals surface area contributed by atoms with E-state index >= 15 is 0 Å². The van der Waals surface area contributed by atoms with Crippen LogP contribution in [0.4, 0.5) is 0 Å². The average Bonchev–Trinajstić information content (AvgIpc) is 2.53. The van der Waals surface area contributed by atoms with Crippen LogP contribution in [0.5, 0.6) is 5.75 Å². The molecule has 0 atom stereocenters. The fourth-order valence-corrected chi connectivity index (χ4v) is 3.37. The Labute approximate surface area is 155 Å². The molecular formula is C17H22BrClN2O3. The number of benzene rings is 1. The number of halogens is 2. The second-order valence-electron chi connectivity index (χ2n) is 5.87. The van der Waals surface area contributed by atoms with Crippen LogP contribution in [-0.2, 0) is 9.59 Å². The van der Waals surface area contributed by atoms with Gasteiger partial charge in [-0.2, -0.15) is 0 Å². The Morgan fingerprint density at radius 3 is 2.71 bits per heavy atom. The summed E-state index contributed by atoms with van der Waals surface area (Å²) in [4.78, 5) is 25.1. The van der Waals surface area contributed by atoms with E-state index in [1.54, 1.807) is 19.1 Å². The van der Waals surface area contributed by atoms with E-state index in [0.717, 1.165) is 17.3 Å². The van der Waals surface area contributed by atoms with E-state index in [4.69, 9.17) is 16.3 Å². The zero-order chi connectivity index (χ0) is 17.5. The molecule has 1 aromatic carbocycles. The van der Waals surface area contributed by atoms with E-state index in [1.165, 1.54) is 0 Å². The van der Waals surface area contributed by atoms with E-state index < -0.39 is 0 Å². The summed E-state index contributed by atoms with van der Waals surface area (Å²) in [5, 5.41) is 3.58. The summed E-state index contributed by atoms with van der Waals surface area (Å²) in [6, 6.07) is 5.60. The molecule has 1 heterocycles. The lowest BCUT2D eigenvalue weighted by atomic mass is 10.0. The average molecular weight is 418 g/mol. The van der Waals surface area contributed by atoms with Crippen LogP contribution in [0.25, 0.3) is 0 Å². The van der Waals surface area contributed by atoms with Crippen LogP contribution in [0.1, 0.15) is 32.6 Å². The van der Waals surface area contributed by atoms with Gasteiger partial charge in [-0.15, -0.1) is 0 Å². The topological polar surface area (TPSA) is 58.6 Å². The Kier molecular flexibility index (Phi) is 7.37. The van der Waals surface area contributed by atoms with Crippen LogP contribution >= 0.6 is 27.5 Å². The predicted molar refractivity (Wildman–Crippen MR) is 97.3 cm³/mol. The van der Waals surface area contributed by atoms with Gasteiger partial charge in [-0.1, -0.05) is 27.5 Å². The zero-order valence-corrected chi connectivity index (χ0v) is 16.0. The predicted octanol–water partition coefficient (Wildman–Crippen LogP) is 3.39. The first-order valence-electron chi connectivity index (χ1n) is 8.08. The summed E-state index contributed by atoms with van der Waals surface area (Å²) in [7, 11) is 0. The first-order valence-corrected chi connectivity index (χ1v) is 9.25. The maximum Gasteiger partial charge on any atom is 0.220 e. The number of rotatable bonds is 6. The van der Waals surface area contributed by atoms with Crippen molar-refractivity contribution in [1.82, 2.24) is 10.2 Å². The van der Waals surface area contributed by atoms with Crippen molar-refractivity contribution in [3.63, 3.8) is 0 Å². The number of carbonyl (C=O) groups excluding carboxylic acids is 2. The molecule has 1 fully saturated rings. The lowest BCUT2D eigenvalue weighted by Gasteiger charge is -2.31. The van der Waals surface area contributed by atoms with Gasteiger partial charge < -0.3 is 15.0 Å². The molecule has 0 unspecified atom stereocenters. The number of amides is 2. The van der Waals surface area contributed by atoms with Crippen LogP contribution < -0.4 is 10.1 Å². The number of hydrogen-bond acceptors (Lipinski definition) is 3. The monoisotopic (exact) mass is 416 g/mol. The minimum Gasteiger partial charge on any atom is -0.492 e. The quantitative estimate of drug-likeness (QED) is 0.722. The second kappa shape index (κ2) is 9.28. The molecule has 0 aliphatic carbocycles. The van der Waals surface area contributed by atoms with Crippen LogP contribution in [0, 0.1) is 0 Å². The molecule has 2 rings (SSSR count). The van der Waals surface area contributed by atoms with Gasteiger partial charge >= 0.3 is 0 Å². The fraction of sp³-hybridized carbons (Fsp3) is 0.529. The highest BCUT2D eigenvalue weighted by atomic mass is 79.9. The van der Waals surface area contributed by atoms with Crippen molar-refractivity contribution < 1.29 is 14.3 Å². The molecule has 1 saturated heterocycles. The van der Waals surface area contributed by atoms with E-state index in [-0.39, 0.29) is 17.9 Å². The molecule has 1 N–H and O–H groups in total. The molecule has 0 aromatic heterocycles.